The van der Waals surface area contributed by atoms with Crippen LogP contribution in [0, 0.1) is 23.7 Å². The summed E-state index contributed by atoms with van der Waals surface area (Å²) in [6, 6.07) is 0. The van der Waals surface area contributed by atoms with Gasteiger partial charge in [-0.2, -0.15) is 0 Å². The van der Waals surface area contributed by atoms with Crippen molar-refractivity contribution in [1.82, 2.24) is 0 Å². The van der Waals surface area contributed by atoms with Gasteiger partial charge in [-0.25, -0.2) is 0 Å². The molecule has 2 saturated carbocycles. The largest absolute Gasteiger partial charge is 0.465 e. The van der Waals surface area contributed by atoms with Crippen LogP contribution in [0.4, 0.5) is 0 Å². The first-order valence-electron chi connectivity index (χ1n) is 5.01. The lowest BCUT2D eigenvalue weighted by Crippen LogP contribution is -2.24. The van der Waals surface area contributed by atoms with Gasteiger partial charge in [0, 0.05) is 0 Å². The van der Waals surface area contributed by atoms with Crippen LogP contribution in [0.3, 0.4) is 0 Å². The first kappa shape index (κ1) is 6.93. The van der Waals surface area contributed by atoms with E-state index in [9.17, 15) is 4.79 Å². The third-order valence-corrected chi connectivity index (χ3v) is 3.99. The smallest absolute Gasteiger partial charge is 0.309 e. The molecule has 1 heterocycles. The number of carbonyl (C=O) groups is 1. The molecular formula is C10H14O2. The fourth-order valence-electron chi connectivity index (χ4n) is 3.52. The van der Waals surface area contributed by atoms with Crippen LogP contribution < -0.4 is 0 Å². The molecule has 0 spiro atoms. The molecule has 0 aromatic carbocycles. The highest BCUT2D eigenvalue weighted by atomic mass is 16.5. The minimum Gasteiger partial charge on any atom is -0.465 e. The SMILES string of the molecule is O=C1OCCC2CC3CC1C2C3. The molecule has 2 bridgehead atoms. The van der Waals surface area contributed by atoms with Crippen molar-refractivity contribution >= 4 is 5.97 Å². The molecular weight excluding hydrogens is 152 g/mol. The summed E-state index contributed by atoms with van der Waals surface area (Å²) in [6.07, 6.45) is 4.94. The topological polar surface area (TPSA) is 26.3 Å². The summed E-state index contributed by atoms with van der Waals surface area (Å²) in [6.45, 7) is 0.684. The van der Waals surface area contributed by atoms with Gasteiger partial charge in [0.25, 0.3) is 0 Å². The van der Waals surface area contributed by atoms with Gasteiger partial charge in [0.15, 0.2) is 0 Å². The lowest BCUT2D eigenvalue weighted by Gasteiger charge is -2.23. The van der Waals surface area contributed by atoms with E-state index in [1.807, 2.05) is 0 Å². The Morgan fingerprint density at radius 2 is 2.17 bits per heavy atom. The fraction of sp³-hybridized carbons (Fsp3) is 0.900. The van der Waals surface area contributed by atoms with E-state index in [-0.39, 0.29) is 11.9 Å². The Kier molecular flexibility index (Phi) is 1.29. The maximum absolute atomic E-state index is 11.4. The molecule has 0 radical (unpaired) electrons. The predicted molar refractivity (Wildman–Crippen MR) is 43.4 cm³/mol. The Hall–Kier alpha value is -0.530. The first-order chi connectivity index (χ1) is 5.84. The number of hydrogen-bond donors (Lipinski definition) is 0. The third-order valence-electron chi connectivity index (χ3n) is 3.99. The second-order valence-electron chi connectivity index (χ2n) is 4.56. The summed E-state index contributed by atoms with van der Waals surface area (Å²) in [5.74, 6) is 2.77. The number of fused-ring (bicyclic) bond motifs is 1. The van der Waals surface area contributed by atoms with Crippen molar-refractivity contribution < 1.29 is 9.53 Å². The molecule has 12 heavy (non-hydrogen) atoms. The van der Waals surface area contributed by atoms with Crippen LogP contribution in [0.15, 0.2) is 0 Å². The molecule has 0 amide bonds. The van der Waals surface area contributed by atoms with Crippen LogP contribution in [0.5, 0.6) is 0 Å². The second-order valence-corrected chi connectivity index (χ2v) is 4.56. The molecule has 0 N–H and O–H groups in total. The van der Waals surface area contributed by atoms with E-state index in [0.29, 0.717) is 12.5 Å². The number of hydrogen-bond acceptors (Lipinski definition) is 2. The van der Waals surface area contributed by atoms with Gasteiger partial charge in [0.1, 0.15) is 0 Å². The molecule has 4 atom stereocenters. The van der Waals surface area contributed by atoms with Crippen LogP contribution in [-0.4, -0.2) is 12.6 Å². The summed E-state index contributed by atoms with van der Waals surface area (Å²) in [5, 5.41) is 0. The molecule has 2 aliphatic carbocycles. The van der Waals surface area contributed by atoms with E-state index in [4.69, 9.17) is 4.74 Å². The van der Waals surface area contributed by atoms with E-state index in [1.165, 1.54) is 12.8 Å². The summed E-state index contributed by atoms with van der Waals surface area (Å²) in [4.78, 5) is 11.4. The Labute approximate surface area is 72.3 Å². The zero-order valence-corrected chi connectivity index (χ0v) is 7.16. The van der Waals surface area contributed by atoms with Crippen LogP contribution >= 0.6 is 0 Å². The summed E-state index contributed by atoms with van der Waals surface area (Å²) >= 11 is 0. The van der Waals surface area contributed by atoms with Gasteiger partial charge in [-0.05, 0) is 43.4 Å². The molecule has 0 aromatic rings. The monoisotopic (exact) mass is 166 g/mol. The lowest BCUT2D eigenvalue weighted by atomic mass is 9.80. The van der Waals surface area contributed by atoms with Crippen molar-refractivity contribution in [3.63, 3.8) is 0 Å². The van der Waals surface area contributed by atoms with Crippen LogP contribution in [-0.2, 0) is 9.53 Å². The highest BCUT2D eigenvalue weighted by Gasteiger charge is 2.50. The van der Waals surface area contributed by atoms with Gasteiger partial charge in [0.05, 0.1) is 12.5 Å². The Morgan fingerprint density at radius 3 is 3.00 bits per heavy atom. The first-order valence-corrected chi connectivity index (χ1v) is 5.01. The Balaban J connectivity index is 1.93. The molecule has 3 aliphatic rings. The molecule has 2 nitrogen and oxygen atoms in total. The molecule has 1 aliphatic heterocycles. The van der Waals surface area contributed by atoms with Gasteiger partial charge in [-0.15, -0.1) is 0 Å². The van der Waals surface area contributed by atoms with Crippen molar-refractivity contribution in [2.45, 2.75) is 25.7 Å². The zero-order valence-electron chi connectivity index (χ0n) is 7.16. The molecule has 1 saturated heterocycles. The minimum absolute atomic E-state index is 0.102. The number of cyclic esters (lactones) is 1. The number of ether oxygens (including phenoxy) is 1. The van der Waals surface area contributed by atoms with Crippen molar-refractivity contribution in [3.8, 4) is 0 Å². The van der Waals surface area contributed by atoms with E-state index in [1.54, 1.807) is 0 Å². The van der Waals surface area contributed by atoms with Crippen LogP contribution in [0.1, 0.15) is 25.7 Å². The number of rotatable bonds is 0. The highest BCUT2D eigenvalue weighted by Crippen LogP contribution is 2.54. The quantitative estimate of drug-likeness (QED) is 0.511. The van der Waals surface area contributed by atoms with Gasteiger partial charge in [0.2, 0.25) is 0 Å². The highest BCUT2D eigenvalue weighted by molar-refractivity contribution is 5.73. The number of carbonyl (C=O) groups excluding carboxylic acids is 1. The van der Waals surface area contributed by atoms with Gasteiger partial charge in [-0.1, -0.05) is 0 Å². The minimum atomic E-state index is 0.102. The number of esters is 1. The Morgan fingerprint density at radius 1 is 1.25 bits per heavy atom. The van der Waals surface area contributed by atoms with Crippen molar-refractivity contribution in [3.05, 3.63) is 0 Å². The van der Waals surface area contributed by atoms with E-state index >= 15 is 0 Å². The second kappa shape index (κ2) is 2.24. The van der Waals surface area contributed by atoms with Crippen LogP contribution in [0.2, 0.25) is 0 Å². The van der Waals surface area contributed by atoms with Gasteiger partial charge in [-0.3, -0.25) is 4.79 Å². The summed E-state index contributed by atoms with van der Waals surface area (Å²) in [7, 11) is 0. The standard InChI is InChI=1S/C10H14O2/c11-10-9-5-6-3-7(1-2-12-10)8(9)4-6/h6-9H,1-5H2. The van der Waals surface area contributed by atoms with Crippen molar-refractivity contribution in [2.75, 3.05) is 6.61 Å². The van der Waals surface area contributed by atoms with Crippen molar-refractivity contribution in [2.24, 2.45) is 23.7 Å². The van der Waals surface area contributed by atoms with Gasteiger partial charge >= 0.3 is 5.97 Å². The summed E-state index contributed by atoms with van der Waals surface area (Å²) < 4.78 is 5.17. The lowest BCUT2D eigenvalue weighted by molar-refractivity contribution is -0.148. The molecule has 4 unspecified atom stereocenters. The molecule has 0 aromatic heterocycles. The maximum Gasteiger partial charge on any atom is 0.309 e. The van der Waals surface area contributed by atoms with Crippen molar-refractivity contribution in [1.29, 1.82) is 0 Å². The predicted octanol–water partition coefficient (Wildman–Crippen LogP) is 1.60. The normalized spacial score (nSPS) is 50.5. The van der Waals surface area contributed by atoms with E-state index in [0.717, 1.165) is 24.7 Å². The third kappa shape index (κ3) is 0.782. The van der Waals surface area contributed by atoms with Crippen LogP contribution in [0.25, 0.3) is 0 Å². The molecule has 3 fully saturated rings. The molecule has 2 heteroatoms. The molecule has 3 rings (SSSR count). The van der Waals surface area contributed by atoms with E-state index < -0.39 is 0 Å². The summed E-state index contributed by atoms with van der Waals surface area (Å²) in [5.41, 5.74) is 0. The van der Waals surface area contributed by atoms with E-state index in [2.05, 4.69) is 0 Å². The Bertz CT molecular complexity index is 224. The van der Waals surface area contributed by atoms with Gasteiger partial charge < -0.3 is 4.74 Å². The zero-order chi connectivity index (χ0) is 8.13. The maximum atomic E-state index is 11.4. The molecule has 66 valence electrons. The fourth-order valence-corrected chi connectivity index (χ4v) is 3.52. The average molecular weight is 166 g/mol. The average Bonchev–Trinajstić information content (AvgIpc) is 2.60.